The maximum Gasteiger partial charge on any atom is 0.0697 e. The van der Waals surface area contributed by atoms with Gasteiger partial charge in [-0.25, -0.2) is 0 Å². The molecule has 100 valence electrons. The average Bonchev–Trinajstić information content (AvgIpc) is 2.77. The first-order chi connectivity index (χ1) is 8.29. The molecule has 0 bridgehead atoms. The van der Waals surface area contributed by atoms with Crippen LogP contribution in [0.5, 0.6) is 0 Å². The van der Waals surface area contributed by atoms with Gasteiger partial charge in [-0.05, 0) is 38.6 Å². The molecule has 0 aromatic heterocycles. The topological polar surface area (TPSA) is 38.5 Å². The zero-order chi connectivity index (χ0) is 12.1. The Morgan fingerprint density at radius 1 is 1.29 bits per heavy atom. The highest BCUT2D eigenvalue weighted by Gasteiger charge is 2.41. The Bertz CT molecular complexity index is 220. The van der Waals surface area contributed by atoms with Crippen molar-refractivity contribution in [1.29, 1.82) is 0 Å². The van der Waals surface area contributed by atoms with Crippen molar-refractivity contribution in [1.82, 2.24) is 4.90 Å². The number of ether oxygens (including phenoxy) is 1. The first-order valence-electron chi connectivity index (χ1n) is 7.38. The lowest BCUT2D eigenvalue weighted by Gasteiger charge is -2.43. The fourth-order valence-electron chi connectivity index (χ4n) is 3.61. The molecule has 1 saturated carbocycles. The van der Waals surface area contributed by atoms with Crippen LogP contribution in [0.4, 0.5) is 0 Å². The Balaban J connectivity index is 1.94. The summed E-state index contributed by atoms with van der Waals surface area (Å²) in [5.74, 6) is 0. The van der Waals surface area contributed by atoms with Gasteiger partial charge in [0, 0.05) is 25.7 Å². The molecule has 1 saturated heterocycles. The van der Waals surface area contributed by atoms with Crippen LogP contribution in [0.2, 0.25) is 0 Å². The van der Waals surface area contributed by atoms with Crippen molar-refractivity contribution in [3.05, 3.63) is 0 Å². The molecule has 1 spiro atoms. The van der Waals surface area contributed by atoms with Crippen LogP contribution < -0.4 is 5.73 Å². The van der Waals surface area contributed by atoms with E-state index >= 15 is 0 Å². The lowest BCUT2D eigenvalue weighted by molar-refractivity contribution is -0.101. The summed E-state index contributed by atoms with van der Waals surface area (Å²) in [5, 5.41) is 0. The summed E-state index contributed by atoms with van der Waals surface area (Å²) in [5.41, 5.74) is 5.98. The van der Waals surface area contributed by atoms with Crippen molar-refractivity contribution in [3.8, 4) is 0 Å². The molecule has 0 aromatic rings. The van der Waals surface area contributed by atoms with Crippen LogP contribution in [0.15, 0.2) is 0 Å². The Labute approximate surface area is 106 Å². The maximum atomic E-state index is 6.11. The molecular formula is C14H28N2O. The highest BCUT2D eigenvalue weighted by molar-refractivity contribution is 4.94. The molecule has 0 aromatic carbocycles. The molecule has 17 heavy (non-hydrogen) atoms. The molecular weight excluding hydrogens is 212 g/mol. The smallest absolute Gasteiger partial charge is 0.0697 e. The van der Waals surface area contributed by atoms with E-state index in [1.807, 2.05) is 0 Å². The molecule has 0 radical (unpaired) electrons. The van der Waals surface area contributed by atoms with Gasteiger partial charge >= 0.3 is 0 Å². The zero-order valence-corrected chi connectivity index (χ0v) is 11.3. The summed E-state index contributed by atoms with van der Waals surface area (Å²) in [6, 6.07) is 0.713. The highest BCUT2D eigenvalue weighted by Crippen LogP contribution is 2.41. The number of rotatable bonds is 5. The van der Waals surface area contributed by atoms with Crippen molar-refractivity contribution in [2.24, 2.45) is 5.73 Å². The van der Waals surface area contributed by atoms with Crippen LogP contribution in [0, 0.1) is 0 Å². The van der Waals surface area contributed by atoms with Gasteiger partial charge in [0.15, 0.2) is 0 Å². The Hall–Kier alpha value is -0.120. The molecule has 1 unspecified atom stereocenters. The molecule has 2 rings (SSSR count). The lowest BCUT2D eigenvalue weighted by atomic mass is 9.88. The van der Waals surface area contributed by atoms with Gasteiger partial charge in [0.1, 0.15) is 0 Å². The minimum atomic E-state index is 0.240. The van der Waals surface area contributed by atoms with Gasteiger partial charge in [0.05, 0.1) is 5.60 Å². The van der Waals surface area contributed by atoms with Crippen LogP contribution in [0.3, 0.4) is 0 Å². The molecule has 2 fully saturated rings. The first kappa shape index (κ1) is 13.3. The van der Waals surface area contributed by atoms with E-state index in [2.05, 4.69) is 11.8 Å². The first-order valence-corrected chi connectivity index (χ1v) is 7.38. The quantitative estimate of drug-likeness (QED) is 0.800. The Morgan fingerprint density at radius 3 is 2.71 bits per heavy atom. The van der Waals surface area contributed by atoms with Crippen LogP contribution in [-0.2, 0) is 4.74 Å². The maximum absolute atomic E-state index is 6.11. The normalized spacial score (nSPS) is 28.1. The van der Waals surface area contributed by atoms with Crippen LogP contribution >= 0.6 is 0 Å². The van der Waals surface area contributed by atoms with E-state index < -0.39 is 0 Å². The predicted octanol–water partition coefficient (Wildman–Crippen LogP) is 2.15. The zero-order valence-electron chi connectivity index (χ0n) is 11.3. The van der Waals surface area contributed by atoms with E-state index in [0.29, 0.717) is 6.04 Å². The van der Waals surface area contributed by atoms with Crippen LogP contribution in [0.1, 0.15) is 51.9 Å². The molecule has 1 heterocycles. The number of nitrogens with zero attached hydrogens (tertiary/aromatic N) is 1. The molecule has 3 nitrogen and oxygen atoms in total. The fourth-order valence-corrected chi connectivity index (χ4v) is 3.61. The fraction of sp³-hybridized carbons (Fsp3) is 1.00. The van der Waals surface area contributed by atoms with E-state index in [1.54, 1.807) is 0 Å². The van der Waals surface area contributed by atoms with Crippen LogP contribution in [-0.4, -0.2) is 42.8 Å². The minimum absolute atomic E-state index is 0.240. The van der Waals surface area contributed by atoms with E-state index in [1.165, 1.54) is 51.5 Å². The lowest BCUT2D eigenvalue weighted by Crippen LogP contribution is -2.49. The SMILES string of the molecule is CCCN(CCN)C1CCOC2(CCCC2)C1. The van der Waals surface area contributed by atoms with Gasteiger partial charge < -0.3 is 10.5 Å². The van der Waals surface area contributed by atoms with Gasteiger partial charge in [0.25, 0.3) is 0 Å². The second-order valence-corrected chi connectivity index (χ2v) is 5.71. The van der Waals surface area contributed by atoms with Gasteiger partial charge in [-0.1, -0.05) is 19.8 Å². The minimum Gasteiger partial charge on any atom is -0.375 e. The molecule has 1 aliphatic carbocycles. The average molecular weight is 240 g/mol. The third-order valence-electron chi connectivity index (χ3n) is 4.43. The van der Waals surface area contributed by atoms with Crippen molar-refractivity contribution < 1.29 is 4.74 Å². The van der Waals surface area contributed by atoms with Gasteiger partial charge in [0.2, 0.25) is 0 Å². The summed E-state index contributed by atoms with van der Waals surface area (Å²) in [6.07, 6.45) is 8.95. The Kier molecular flexibility index (Phi) is 4.83. The molecule has 0 amide bonds. The second-order valence-electron chi connectivity index (χ2n) is 5.71. The number of hydrogen-bond acceptors (Lipinski definition) is 3. The monoisotopic (exact) mass is 240 g/mol. The molecule has 2 aliphatic rings. The standard InChI is InChI=1S/C14H28N2O/c1-2-9-16(10-8-15)13-5-11-17-14(12-13)6-3-4-7-14/h13H,2-12,15H2,1H3. The van der Waals surface area contributed by atoms with E-state index in [-0.39, 0.29) is 5.60 Å². The van der Waals surface area contributed by atoms with Gasteiger partial charge in [-0.3, -0.25) is 4.90 Å². The summed E-state index contributed by atoms with van der Waals surface area (Å²) in [4.78, 5) is 2.60. The largest absolute Gasteiger partial charge is 0.375 e. The summed E-state index contributed by atoms with van der Waals surface area (Å²) in [7, 11) is 0. The number of hydrogen-bond donors (Lipinski definition) is 1. The van der Waals surface area contributed by atoms with E-state index in [9.17, 15) is 0 Å². The number of nitrogens with two attached hydrogens (primary N) is 1. The van der Waals surface area contributed by atoms with Crippen molar-refractivity contribution in [2.75, 3.05) is 26.2 Å². The third-order valence-corrected chi connectivity index (χ3v) is 4.43. The highest BCUT2D eigenvalue weighted by atomic mass is 16.5. The second kappa shape index (κ2) is 6.17. The van der Waals surface area contributed by atoms with Crippen molar-refractivity contribution in [3.63, 3.8) is 0 Å². The molecule has 2 N–H and O–H groups in total. The third kappa shape index (κ3) is 3.21. The summed E-state index contributed by atoms with van der Waals surface area (Å²) < 4.78 is 6.11. The summed E-state index contributed by atoms with van der Waals surface area (Å²) >= 11 is 0. The summed E-state index contributed by atoms with van der Waals surface area (Å²) in [6.45, 7) is 6.24. The van der Waals surface area contributed by atoms with Gasteiger partial charge in [-0.15, -0.1) is 0 Å². The molecule has 3 heteroatoms. The van der Waals surface area contributed by atoms with Gasteiger partial charge in [-0.2, -0.15) is 0 Å². The Morgan fingerprint density at radius 2 is 2.06 bits per heavy atom. The van der Waals surface area contributed by atoms with Crippen LogP contribution in [0.25, 0.3) is 0 Å². The van der Waals surface area contributed by atoms with Crippen molar-refractivity contribution >= 4 is 0 Å². The molecule has 1 aliphatic heterocycles. The van der Waals surface area contributed by atoms with E-state index in [0.717, 1.165) is 19.7 Å². The molecule has 1 atom stereocenters. The van der Waals surface area contributed by atoms with Crippen molar-refractivity contribution in [2.45, 2.75) is 63.5 Å². The predicted molar refractivity (Wildman–Crippen MR) is 71.1 cm³/mol. The van der Waals surface area contributed by atoms with E-state index in [4.69, 9.17) is 10.5 Å².